The zero-order valence-electron chi connectivity index (χ0n) is 13.1. The van der Waals surface area contributed by atoms with Crippen LogP contribution in [0.1, 0.15) is 18.1 Å². The van der Waals surface area contributed by atoms with Crippen LogP contribution in [0.5, 0.6) is 0 Å². The van der Waals surface area contributed by atoms with Gasteiger partial charge in [-0.25, -0.2) is 4.79 Å². The molecule has 4 rings (SSSR count). The molecule has 0 saturated carbocycles. The zero-order valence-corrected chi connectivity index (χ0v) is 13.9. The summed E-state index contributed by atoms with van der Waals surface area (Å²) in [5.74, 6) is 0.628. The molecule has 24 heavy (non-hydrogen) atoms. The van der Waals surface area contributed by atoms with E-state index in [1.165, 1.54) is 0 Å². The van der Waals surface area contributed by atoms with Crippen LogP contribution in [0.2, 0.25) is 0 Å². The lowest BCUT2D eigenvalue weighted by Gasteiger charge is -2.06. The first kappa shape index (κ1) is 15.0. The molecular weight excluding hydrogens is 322 g/mol. The molecule has 0 bridgehead atoms. The lowest BCUT2D eigenvalue weighted by atomic mass is 10.1. The number of nitrogens with zero attached hydrogens (tertiary/aromatic N) is 3. The molecule has 3 aromatic heterocycles. The fraction of sp³-hybridized carbons (Fsp3) is 0.167. The maximum absolute atomic E-state index is 11.9. The molecule has 0 radical (unpaired) electrons. The Bertz CT molecular complexity index is 1080. The number of hydrogen-bond acceptors (Lipinski definition) is 5. The third kappa shape index (κ3) is 2.69. The molecule has 0 fully saturated rings. The highest BCUT2D eigenvalue weighted by Crippen LogP contribution is 2.26. The summed E-state index contributed by atoms with van der Waals surface area (Å²) >= 11 is 1.55. The van der Waals surface area contributed by atoms with Gasteiger partial charge in [-0.05, 0) is 35.7 Å². The van der Waals surface area contributed by atoms with Crippen LogP contribution in [0.3, 0.4) is 0 Å². The number of fused-ring (bicyclic) bond motifs is 2. The van der Waals surface area contributed by atoms with E-state index in [4.69, 9.17) is 4.42 Å². The number of benzene rings is 1. The first-order valence-electron chi connectivity index (χ1n) is 7.73. The minimum atomic E-state index is -0.322. The summed E-state index contributed by atoms with van der Waals surface area (Å²) < 4.78 is 7.29. The Morgan fingerprint density at radius 3 is 2.96 bits per heavy atom. The topological polar surface area (TPSA) is 60.4 Å². The third-order valence-corrected chi connectivity index (χ3v) is 4.93. The summed E-state index contributed by atoms with van der Waals surface area (Å²) in [5.41, 5.74) is 3.23. The second kappa shape index (κ2) is 6.13. The van der Waals surface area contributed by atoms with Crippen molar-refractivity contribution in [3.8, 4) is 0 Å². The molecule has 0 aliphatic rings. The fourth-order valence-corrected chi connectivity index (χ4v) is 3.59. The van der Waals surface area contributed by atoms with Crippen molar-refractivity contribution in [2.75, 3.05) is 0 Å². The molecule has 0 unspecified atom stereocenters. The summed E-state index contributed by atoms with van der Waals surface area (Å²) in [5, 5.41) is 10.1. The van der Waals surface area contributed by atoms with E-state index in [1.807, 2.05) is 40.9 Å². The van der Waals surface area contributed by atoms with Crippen LogP contribution in [0.15, 0.2) is 63.0 Å². The molecule has 5 nitrogen and oxygen atoms in total. The number of rotatable bonds is 4. The van der Waals surface area contributed by atoms with E-state index in [-0.39, 0.29) is 5.63 Å². The molecule has 3 heterocycles. The van der Waals surface area contributed by atoms with E-state index in [0.29, 0.717) is 11.3 Å². The number of aromatic nitrogens is 3. The Balaban J connectivity index is 1.70. The van der Waals surface area contributed by atoms with Crippen LogP contribution < -0.4 is 5.63 Å². The average Bonchev–Trinajstić information content (AvgIpc) is 3.02. The molecule has 0 atom stereocenters. The molecule has 0 aliphatic heterocycles. The number of hydrogen-bond donors (Lipinski definition) is 0. The minimum absolute atomic E-state index is 0.322. The van der Waals surface area contributed by atoms with E-state index in [2.05, 4.69) is 23.2 Å². The van der Waals surface area contributed by atoms with Gasteiger partial charge in [-0.3, -0.25) is 4.40 Å². The Kier molecular flexibility index (Phi) is 3.82. The Morgan fingerprint density at radius 1 is 1.17 bits per heavy atom. The van der Waals surface area contributed by atoms with Crippen molar-refractivity contribution >= 4 is 28.4 Å². The summed E-state index contributed by atoms with van der Waals surface area (Å²) in [6, 6.07) is 13.4. The van der Waals surface area contributed by atoms with Gasteiger partial charge in [0.25, 0.3) is 0 Å². The van der Waals surface area contributed by atoms with E-state index < -0.39 is 0 Å². The van der Waals surface area contributed by atoms with Crippen LogP contribution in [-0.4, -0.2) is 14.6 Å². The van der Waals surface area contributed by atoms with Crippen molar-refractivity contribution in [2.24, 2.45) is 0 Å². The second-order valence-corrected chi connectivity index (χ2v) is 6.42. The second-order valence-electron chi connectivity index (χ2n) is 5.47. The highest BCUT2D eigenvalue weighted by atomic mass is 32.2. The van der Waals surface area contributed by atoms with Gasteiger partial charge in [0.1, 0.15) is 5.58 Å². The maximum atomic E-state index is 11.9. The summed E-state index contributed by atoms with van der Waals surface area (Å²) in [6.07, 6.45) is 2.84. The normalized spacial score (nSPS) is 11.4. The lowest BCUT2D eigenvalue weighted by Crippen LogP contribution is -2.00. The molecule has 0 saturated heterocycles. The smallest absolute Gasteiger partial charge is 0.336 e. The van der Waals surface area contributed by atoms with Gasteiger partial charge in [0.2, 0.25) is 0 Å². The first-order chi connectivity index (χ1) is 11.7. The van der Waals surface area contributed by atoms with Crippen LogP contribution in [0.4, 0.5) is 0 Å². The highest BCUT2D eigenvalue weighted by Gasteiger charge is 2.10. The first-order valence-corrected chi connectivity index (χ1v) is 8.71. The van der Waals surface area contributed by atoms with Crippen LogP contribution in [-0.2, 0) is 12.2 Å². The predicted molar refractivity (Wildman–Crippen MR) is 94.4 cm³/mol. The monoisotopic (exact) mass is 337 g/mol. The molecule has 120 valence electrons. The van der Waals surface area contributed by atoms with Gasteiger partial charge in [-0.15, -0.1) is 10.2 Å². The van der Waals surface area contributed by atoms with E-state index in [0.717, 1.165) is 33.7 Å². The largest absolute Gasteiger partial charge is 0.423 e. The van der Waals surface area contributed by atoms with Crippen molar-refractivity contribution < 1.29 is 4.42 Å². The van der Waals surface area contributed by atoms with Gasteiger partial charge in [0.15, 0.2) is 10.8 Å². The average molecular weight is 337 g/mol. The van der Waals surface area contributed by atoms with Crippen LogP contribution in [0.25, 0.3) is 16.6 Å². The number of aryl methyl sites for hydroxylation is 1. The van der Waals surface area contributed by atoms with Crippen molar-refractivity contribution in [3.05, 3.63) is 70.2 Å². The maximum Gasteiger partial charge on any atom is 0.336 e. The van der Waals surface area contributed by atoms with Crippen molar-refractivity contribution in [2.45, 2.75) is 24.3 Å². The Hall–Kier alpha value is -2.60. The highest BCUT2D eigenvalue weighted by molar-refractivity contribution is 7.98. The molecule has 6 heteroatoms. The predicted octanol–water partition coefficient (Wildman–Crippen LogP) is 3.69. The van der Waals surface area contributed by atoms with E-state index in [9.17, 15) is 4.79 Å². The van der Waals surface area contributed by atoms with E-state index >= 15 is 0 Å². The van der Waals surface area contributed by atoms with Gasteiger partial charge in [0, 0.05) is 23.4 Å². The molecule has 0 aliphatic carbocycles. The lowest BCUT2D eigenvalue weighted by molar-refractivity contribution is 0.559. The van der Waals surface area contributed by atoms with Crippen molar-refractivity contribution in [1.29, 1.82) is 0 Å². The Labute approximate surface area is 142 Å². The summed E-state index contributed by atoms with van der Waals surface area (Å²) in [7, 11) is 0. The molecular formula is C18H15N3O2S. The fourth-order valence-electron chi connectivity index (χ4n) is 2.67. The molecule has 1 aromatic carbocycles. The number of thioether (sulfide) groups is 1. The molecule has 4 aromatic rings. The standard InChI is InChI=1S/C18H15N3O2S/c1-2-12-6-7-14-13(10-17(22)23-15(14)9-12)11-24-18-20-19-16-5-3-4-8-21(16)18/h3-10H,2,11H2,1H3. The van der Waals surface area contributed by atoms with Gasteiger partial charge in [-0.1, -0.05) is 36.9 Å². The Morgan fingerprint density at radius 2 is 2.08 bits per heavy atom. The minimum Gasteiger partial charge on any atom is -0.423 e. The van der Waals surface area contributed by atoms with Gasteiger partial charge in [0.05, 0.1) is 0 Å². The van der Waals surface area contributed by atoms with E-state index in [1.54, 1.807) is 17.8 Å². The summed E-state index contributed by atoms with van der Waals surface area (Å²) in [4.78, 5) is 11.9. The van der Waals surface area contributed by atoms with Gasteiger partial charge < -0.3 is 4.42 Å². The van der Waals surface area contributed by atoms with Gasteiger partial charge in [-0.2, -0.15) is 0 Å². The SMILES string of the molecule is CCc1ccc2c(CSc3nnc4ccccn34)cc(=O)oc2c1. The van der Waals surface area contributed by atoms with Crippen LogP contribution in [0, 0.1) is 0 Å². The zero-order chi connectivity index (χ0) is 16.5. The molecule has 0 amide bonds. The number of pyridine rings is 1. The summed E-state index contributed by atoms with van der Waals surface area (Å²) in [6.45, 7) is 2.08. The van der Waals surface area contributed by atoms with Crippen LogP contribution >= 0.6 is 11.8 Å². The molecule has 0 N–H and O–H groups in total. The van der Waals surface area contributed by atoms with Crippen molar-refractivity contribution in [1.82, 2.24) is 14.6 Å². The quantitative estimate of drug-likeness (QED) is 0.420. The third-order valence-electron chi connectivity index (χ3n) is 3.94. The van der Waals surface area contributed by atoms with Crippen molar-refractivity contribution in [3.63, 3.8) is 0 Å². The molecule has 0 spiro atoms. The van der Waals surface area contributed by atoms with Gasteiger partial charge >= 0.3 is 5.63 Å².